The molecule has 2 aromatic carbocycles. The molecule has 2 heterocycles. The first-order chi connectivity index (χ1) is 17.9. The highest BCUT2D eigenvalue weighted by atomic mass is 16.2. The minimum atomic E-state index is -0.583. The van der Waals surface area contributed by atoms with Crippen molar-refractivity contribution in [2.45, 2.75) is 58.5 Å². The van der Waals surface area contributed by atoms with Crippen LogP contribution in [0.15, 0.2) is 67.3 Å². The summed E-state index contributed by atoms with van der Waals surface area (Å²) >= 11 is 0. The van der Waals surface area contributed by atoms with E-state index in [1.54, 1.807) is 6.08 Å². The average Bonchev–Trinajstić information content (AvgIpc) is 3.22. The maximum atomic E-state index is 13.6. The Balaban J connectivity index is 1.62. The van der Waals surface area contributed by atoms with Crippen LogP contribution in [0.25, 0.3) is 22.5 Å². The van der Waals surface area contributed by atoms with Crippen molar-refractivity contribution >= 4 is 11.8 Å². The van der Waals surface area contributed by atoms with E-state index in [1.165, 1.54) is 0 Å². The Labute approximate surface area is 219 Å². The number of rotatable bonds is 10. The van der Waals surface area contributed by atoms with Gasteiger partial charge in [-0.05, 0) is 55.2 Å². The van der Waals surface area contributed by atoms with Crippen LogP contribution in [0.4, 0.5) is 0 Å². The zero-order valence-electron chi connectivity index (χ0n) is 21.8. The van der Waals surface area contributed by atoms with Crippen LogP contribution in [0.5, 0.6) is 0 Å². The molecule has 1 aliphatic rings. The number of hydrogen-bond donors (Lipinski definition) is 2. The summed E-state index contributed by atoms with van der Waals surface area (Å²) in [5.41, 5.74) is 8.95. The van der Waals surface area contributed by atoms with Gasteiger partial charge in [0.05, 0.1) is 17.9 Å². The molecular formula is C30H37N5O2. The minimum Gasteiger partial charge on any atom is -0.369 e. The van der Waals surface area contributed by atoms with Crippen LogP contribution in [0.1, 0.15) is 57.8 Å². The molecule has 3 atom stereocenters. The van der Waals surface area contributed by atoms with Crippen LogP contribution >= 0.6 is 0 Å². The number of benzene rings is 2. The van der Waals surface area contributed by atoms with Crippen LogP contribution in [0.2, 0.25) is 0 Å². The molecule has 0 saturated carbocycles. The molecule has 0 radical (unpaired) electrons. The zero-order chi connectivity index (χ0) is 26.4. The van der Waals surface area contributed by atoms with Crippen molar-refractivity contribution in [1.82, 2.24) is 20.1 Å². The third-order valence-corrected chi connectivity index (χ3v) is 7.09. The van der Waals surface area contributed by atoms with Gasteiger partial charge in [-0.2, -0.15) is 0 Å². The molecule has 0 bridgehead atoms. The van der Waals surface area contributed by atoms with Crippen LogP contribution in [-0.2, 0) is 16.1 Å². The molecule has 3 N–H and O–H groups in total. The number of nitrogens with zero attached hydrogens (tertiary/aromatic N) is 3. The average molecular weight is 500 g/mol. The quantitative estimate of drug-likeness (QED) is 0.370. The van der Waals surface area contributed by atoms with Gasteiger partial charge in [-0.15, -0.1) is 16.8 Å². The lowest BCUT2D eigenvalue weighted by molar-refractivity contribution is -0.134. The highest BCUT2D eigenvalue weighted by Crippen LogP contribution is 2.32. The number of fused-ring (bicyclic) bond motifs is 1. The molecule has 0 aliphatic carbocycles. The molecule has 2 amide bonds. The van der Waals surface area contributed by atoms with Gasteiger partial charge in [0.1, 0.15) is 0 Å². The minimum absolute atomic E-state index is 0.159. The van der Waals surface area contributed by atoms with Crippen molar-refractivity contribution in [3.05, 3.63) is 73.1 Å². The van der Waals surface area contributed by atoms with Crippen LogP contribution < -0.4 is 11.1 Å². The molecule has 194 valence electrons. The summed E-state index contributed by atoms with van der Waals surface area (Å²) in [6.07, 6.45) is 5.31. The summed E-state index contributed by atoms with van der Waals surface area (Å²) in [4.78, 5) is 25.8. The summed E-state index contributed by atoms with van der Waals surface area (Å²) in [5, 5.41) is 12.3. The van der Waals surface area contributed by atoms with E-state index in [0.29, 0.717) is 12.8 Å². The molecule has 1 aliphatic heterocycles. The molecule has 3 aromatic rings. The van der Waals surface area contributed by atoms with E-state index in [0.717, 1.165) is 54.1 Å². The fourth-order valence-corrected chi connectivity index (χ4v) is 5.26. The molecule has 0 saturated heterocycles. The van der Waals surface area contributed by atoms with E-state index in [9.17, 15) is 9.59 Å². The predicted molar refractivity (Wildman–Crippen MR) is 146 cm³/mol. The topological polar surface area (TPSA) is 103 Å². The third kappa shape index (κ3) is 6.16. The van der Waals surface area contributed by atoms with Crippen molar-refractivity contribution in [2.75, 3.05) is 0 Å². The van der Waals surface area contributed by atoms with Gasteiger partial charge in [0.2, 0.25) is 11.8 Å². The monoisotopic (exact) mass is 499 g/mol. The first kappa shape index (κ1) is 26.3. The van der Waals surface area contributed by atoms with Gasteiger partial charge in [-0.3, -0.25) is 9.59 Å². The van der Waals surface area contributed by atoms with Crippen molar-refractivity contribution in [3.63, 3.8) is 0 Å². The molecule has 3 unspecified atom stereocenters. The Hall–Kier alpha value is -3.74. The number of hydrogen-bond acceptors (Lipinski definition) is 4. The van der Waals surface area contributed by atoms with E-state index in [1.807, 2.05) is 44.2 Å². The number of aromatic nitrogens is 3. The lowest BCUT2D eigenvalue weighted by Gasteiger charge is -2.27. The van der Waals surface area contributed by atoms with Gasteiger partial charge in [0.15, 0.2) is 11.6 Å². The summed E-state index contributed by atoms with van der Waals surface area (Å²) in [6.45, 7) is 8.64. The molecule has 7 heteroatoms. The van der Waals surface area contributed by atoms with Gasteiger partial charge < -0.3 is 15.6 Å². The zero-order valence-corrected chi connectivity index (χ0v) is 21.8. The number of primary amides is 1. The van der Waals surface area contributed by atoms with E-state index < -0.39 is 17.7 Å². The number of nitrogens with two attached hydrogens (primary N) is 1. The van der Waals surface area contributed by atoms with Crippen molar-refractivity contribution < 1.29 is 9.59 Å². The molecule has 0 fully saturated rings. The highest BCUT2D eigenvalue weighted by molar-refractivity contribution is 5.87. The maximum absolute atomic E-state index is 13.6. The molecule has 4 rings (SSSR count). The molecule has 7 nitrogen and oxygen atoms in total. The fourth-order valence-electron chi connectivity index (χ4n) is 5.26. The lowest BCUT2D eigenvalue weighted by atomic mass is 9.82. The first-order valence-corrected chi connectivity index (χ1v) is 13.2. The first-order valence-electron chi connectivity index (χ1n) is 13.2. The van der Waals surface area contributed by atoms with Crippen LogP contribution in [-0.4, -0.2) is 26.6 Å². The summed E-state index contributed by atoms with van der Waals surface area (Å²) in [6, 6.07) is 18.3. The van der Waals surface area contributed by atoms with E-state index >= 15 is 0 Å². The number of nitrogens with one attached hydrogen (secondary N) is 1. The number of carbonyl (C=O) groups is 2. The standard InChI is InChI=1S/C30H37N5O2/c1-4-11-24(27(31)36)25(18-20(2)3)30(37)32-26-16-8-9-17-35-28(33-34-29(26)35)23-15-10-14-22(19-23)21-12-6-5-7-13-21/h4-7,10,12-15,19-20,24-26H,1,8-9,11,16-18H2,2-3H3,(H2,31,36)(H,32,37). The second kappa shape index (κ2) is 12.0. The van der Waals surface area contributed by atoms with E-state index in [2.05, 4.69) is 50.9 Å². The second-order valence-corrected chi connectivity index (χ2v) is 10.3. The summed E-state index contributed by atoms with van der Waals surface area (Å²) in [5.74, 6) is 0.0716. The van der Waals surface area contributed by atoms with Crippen LogP contribution in [0.3, 0.4) is 0 Å². The van der Waals surface area contributed by atoms with Gasteiger partial charge in [0, 0.05) is 12.1 Å². The van der Waals surface area contributed by atoms with E-state index in [4.69, 9.17) is 5.73 Å². The Bertz CT molecular complexity index is 1230. The molecule has 0 spiro atoms. The molecule has 37 heavy (non-hydrogen) atoms. The largest absolute Gasteiger partial charge is 0.369 e. The Kier molecular flexibility index (Phi) is 8.54. The van der Waals surface area contributed by atoms with Crippen molar-refractivity contribution in [2.24, 2.45) is 23.5 Å². The van der Waals surface area contributed by atoms with E-state index in [-0.39, 0.29) is 17.9 Å². The van der Waals surface area contributed by atoms with Crippen molar-refractivity contribution in [1.29, 1.82) is 0 Å². The summed E-state index contributed by atoms with van der Waals surface area (Å²) < 4.78 is 2.13. The SMILES string of the molecule is C=CCC(C(N)=O)C(CC(C)C)C(=O)NC1CCCCn2c(-c3cccc(-c4ccccc4)c3)nnc21. The Morgan fingerprint density at radius 3 is 2.49 bits per heavy atom. The number of allylic oxidation sites excluding steroid dienone is 1. The van der Waals surface area contributed by atoms with Gasteiger partial charge in [-0.1, -0.05) is 68.5 Å². The van der Waals surface area contributed by atoms with Crippen LogP contribution in [0, 0.1) is 17.8 Å². The highest BCUT2D eigenvalue weighted by Gasteiger charge is 2.34. The molecule has 1 aromatic heterocycles. The predicted octanol–water partition coefficient (Wildman–Crippen LogP) is 5.29. The fraction of sp³-hybridized carbons (Fsp3) is 0.400. The lowest BCUT2D eigenvalue weighted by Crippen LogP contribution is -2.42. The number of carbonyl (C=O) groups excluding carboxylic acids is 2. The third-order valence-electron chi connectivity index (χ3n) is 7.09. The Morgan fingerprint density at radius 2 is 1.78 bits per heavy atom. The van der Waals surface area contributed by atoms with Crippen molar-refractivity contribution in [3.8, 4) is 22.5 Å². The summed E-state index contributed by atoms with van der Waals surface area (Å²) in [7, 11) is 0. The van der Waals surface area contributed by atoms with Gasteiger partial charge in [0.25, 0.3) is 0 Å². The molecular weight excluding hydrogens is 462 g/mol. The van der Waals surface area contributed by atoms with Gasteiger partial charge >= 0.3 is 0 Å². The second-order valence-electron chi connectivity index (χ2n) is 10.3. The normalized spacial score (nSPS) is 16.9. The Morgan fingerprint density at radius 1 is 1.05 bits per heavy atom. The maximum Gasteiger partial charge on any atom is 0.224 e. The number of amides is 2. The smallest absolute Gasteiger partial charge is 0.224 e. The van der Waals surface area contributed by atoms with Gasteiger partial charge in [-0.25, -0.2) is 0 Å².